The second-order valence-electron chi connectivity index (χ2n) is 5.79. The van der Waals surface area contributed by atoms with Crippen molar-refractivity contribution < 1.29 is 13.6 Å². The Morgan fingerprint density at radius 2 is 2.09 bits per heavy atom. The Labute approximate surface area is 132 Å². The van der Waals surface area contributed by atoms with Gasteiger partial charge in [0.25, 0.3) is 12.3 Å². The van der Waals surface area contributed by atoms with E-state index < -0.39 is 12.5 Å². The Balaban J connectivity index is 1.73. The van der Waals surface area contributed by atoms with Gasteiger partial charge in [-0.2, -0.15) is 5.10 Å². The summed E-state index contributed by atoms with van der Waals surface area (Å²) in [6.45, 7) is 3.35. The number of thiophene rings is 1. The summed E-state index contributed by atoms with van der Waals surface area (Å²) >= 11 is 1.34. The molecule has 3 heterocycles. The number of hydrogen-bond donors (Lipinski definition) is 1. The maximum absolute atomic E-state index is 12.9. The molecule has 1 fully saturated rings. The number of likely N-dealkylation sites (tertiary alicyclic amines) is 1. The number of carbonyl (C=O) groups excluding carboxylic acids is 1. The summed E-state index contributed by atoms with van der Waals surface area (Å²) in [7, 11) is 0. The third-order valence-corrected chi connectivity index (χ3v) is 5.38. The first-order valence-electron chi connectivity index (χ1n) is 7.58. The van der Waals surface area contributed by atoms with E-state index in [1.165, 1.54) is 17.8 Å². The molecule has 2 aliphatic heterocycles. The van der Waals surface area contributed by atoms with Crippen molar-refractivity contribution in [1.29, 1.82) is 0 Å². The molecule has 2 unspecified atom stereocenters. The minimum absolute atomic E-state index is 0.0422. The zero-order valence-electron chi connectivity index (χ0n) is 12.4. The number of rotatable bonds is 3. The van der Waals surface area contributed by atoms with Crippen LogP contribution < -0.4 is 5.43 Å². The van der Waals surface area contributed by atoms with E-state index in [9.17, 15) is 13.6 Å². The van der Waals surface area contributed by atoms with Gasteiger partial charge in [0.05, 0.1) is 15.5 Å². The smallest absolute Gasteiger partial charge is 0.263 e. The zero-order chi connectivity index (χ0) is 15.7. The number of hydrazone groups is 1. The molecule has 0 saturated carbocycles. The largest absolute Gasteiger partial charge is 0.338 e. The molecule has 22 heavy (non-hydrogen) atoms. The molecule has 2 atom stereocenters. The highest BCUT2D eigenvalue weighted by molar-refractivity contribution is 7.16. The van der Waals surface area contributed by atoms with E-state index in [-0.39, 0.29) is 11.8 Å². The number of nitrogens with zero attached hydrogens (tertiary/aromatic N) is 2. The lowest BCUT2D eigenvalue weighted by Gasteiger charge is -2.26. The number of alkyl halides is 2. The molecule has 1 amide bonds. The van der Waals surface area contributed by atoms with Gasteiger partial charge in [0.1, 0.15) is 6.04 Å². The van der Waals surface area contributed by atoms with E-state index in [2.05, 4.69) is 10.5 Å². The van der Waals surface area contributed by atoms with Gasteiger partial charge in [-0.15, -0.1) is 11.3 Å². The molecule has 0 bridgehead atoms. The van der Waals surface area contributed by atoms with Crippen molar-refractivity contribution in [3.63, 3.8) is 0 Å². The van der Waals surface area contributed by atoms with Crippen molar-refractivity contribution in [1.82, 2.24) is 10.3 Å². The van der Waals surface area contributed by atoms with Crippen LogP contribution in [0.4, 0.5) is 8.78 Å². The lowest BCUT2D eigenvalue weighted by atomic mass is 9.98. The topological polar surface area (TPSA) is 44.7 Å². The average Bonchev–Trinajstić information content (AvgIpc) is 3.13. The second kappa shape index (κ2) is 6.32. The fourth-order valence-corrected chi connectivity index (χ4v) is 3.99. The molecule has 0 radical (unpaired) electrons. The maximum Gasteiger partial charge on any atom is 0.263 e. The standard InChI is InChI=1S/C15H19F2N3OS/c1-9-12(18-19-13(9)14(16)17)10-5-6-11(22-10)15(21)20-7-3-2-4-8-20/h5-6,9,13-14,19H,2-4,7-8H2,1H3. The summed E-state index contributed by atoms with van der Waals surface area (Å²) in [5.41, 5.74) is 3.12. The predicted octanol–water partition coefficient (Wildman–Crippen LogP) is 2.95. The van der Waals surface area contributed by atoms with Crippen molar-refractivity contribution in [3.8, 4) is 0 Å². The number of nitrogens with one attached hydrogen (secondary N) is 1. The van der Waals surface area contributed by atoms with E-state index in [1.54, 1.807) is 13.0 Å². The third-order valence-electron chi connectivity index (χ3n) is 4.29. The van der Waals surface area contributed by atoms with Crippen molar-refractivity contribution >= 4 is 23.0 Å². The van der Waals surface area contributed by atoms with Gasteiger partial charge in [0.2, 0.25) is 0 Å². The van der Waals surface area contributed by atoms with Gasteiger partial charge in [0, 0.05) is 19.0 Å². The first-order valence-corrected chi connectivity index (χ1v) is 8.40. The van der Waals surface area contributed by atoms with Crippen LogP contribution in [0.3, 0.4) is 0 Å². The van der Waals surface area contributed by atoms with E-state index in [0.717, 1.165) is 30.8 Å². The highest BCUT2D eigenvalue weighted by Gasteiger charge is 2.36. The molecule has 7 heteroatoms. The SMILES string of the molecule is CC1C(c2ccc(C(=O)N3CCCCC3)s2)=NNC1C(F)F. The van der Waals surface area contributed by atoms with Crippen LogP contribution >= 0.6 is 11.3 Å². The van der Waals surface area contributed by atoms with Gasteiger partial charge in [-0.1, -0.05) is 6.92 Å². The summed E-state index contributed by atoms with van der Waals surface area (Å²) in [6, 6.07) is 2.65. The van der Waals surface area contributed by atoms with Crippen LogP contribution in [0.15, 0.2) is 17.2 Å². The highest BCUT2D eigenvalue weighted by Crippen LogP contribution is 2.28. The Kier molecular flexibility index (Phi) is 4.42. The van der Waals surface area contributed by atoms with E-state index in [1.807, 2.05) is 11.0 Å². The molecule has 0 aliphatic carbocycles. The zero-order valence-corrected chi connectivity index (χ0v) is 13.2. The predicted molar refractivity (Wildman–Crippen MR) is 82.7 cm³/mol. The molecule has 1 aromatic heterocycles. The summed E-state index contributed by atoms with van der Waals surface area (Å²) in [6.07, 6.45) is 0.821. The fourth-order valence-electron chi connectivity index (χ4n) is 2.93. The Morgan fingerprint density at radius 1 is 1.36 bits per heavy atom. The van der Waals surface area contributed by atoms with Crippen LogP contribution in [-0.4, -0.2) is 42.1 Å². The Morgan fingerprint density at radius 3 is 2.73 bits per heavy atom. The van der Waals surface area contributed by atoms with Gasteiger partial charge >= 0.3 is 0 Å². The number of hydrogen-bond acceptors (Lipinski definition) is 4. The molecule has 0 aromatic carbocycles. The summed E-state index contributed by atoms with van der Waals surface area (Å²) in [5, 5.41) is 4.05. The molecule has 4 nitrogen and oxygen atoms in total. The minimum Gasteiger partial charge on any atom is -0.338 e. The first kappa shape index (κ1) is 15.4. The molecule has 2 aliphatic rings. The normalized spacial score (nSPS) is 25.3. The highest BCUT2D eigenvalue weighted by atomic mass is 32.1. The second-order valence-corrected chi connectivity index (χ2v) is 6.88. The number of carbonyl (C=O) groups is 1. The van der Waals surface area contributed by atoms with E-state index in [0.29, 0.717) is 10.6 Å². The molecule has 3 rings (SSSR count). The number of amides is 1. The molecule has 1 N–H and O–H groups in total. The van der Waals surface area contributed by atoms with Crippen molar-refractivity contribution in [3.05, 3.63) is 21.9 Å². The van der Waals surface area contributed by atoms with Gasteiger partial charge < -0.3 is 10.3 Å². The van der Waals surface area contributed by atoms with Crippen LogP contribution in [0.5, 0.6) is 0 Å². The summed E-state index contributed by atoms with van der Waals surface area (Å²) in [4.78, 5) is 15.8. The lowest BCUT2D eigenvalue weighted by Crippen LogP contribution is -2.35. The van der Waals surface area contributed by atoms with Crippen molar-refractivity contribution in [2.75, 3.05) is 13.1 Å². The molecular formula is C15H19F2N3OS. The van der Waals surface area contributed by atoms with Crippen molar-refractivity contribution in [2.24, 2.45) is 11.0 Å². The molecule has 0 spiro atoms. The van der Waals surface area contributed by atoms with Gasteiger partial charge in [0.15, 0.2) is 0 Å². The quantitative estimate of drug-likeness (QED) is 0.928. The average molecular weight is 327 g/mol. The van der Waals surface area contributed by atoms with E-state index >= 15 is 0 Å². The Bertz CT molecular complexity index is 581. The molecule has 1 aromatic rings. The molecular weight excluding hydrogens is 308 g/mol. The maximum atomic E-state index is 12.9. The lowest BCUT2D eigenvalue weighted by molar-refractivity contribution is 0.0729. The number of piperidine rings is 1. The monoisotopic (exact) mass is 327 g/mol. The first-order chi connectivity index (χ1) is 10.6. The molecule has 120 valence electrons. The van der Waals surface area contributed by atoms with Crippen LogP contribution in [0, 0.1) is 5.92 Å². The van der Waals surface area contributed by atoms with Gasteiger partial charge in [-0.05, 0) is 31.4 Å². The van der Waals surface area contributed by atoms with E-state index in [4.69, 9.17) is 0 Å². The molecule has 1 saturated heterocycles. The van der Waals surface area contributed by atoms with Gasteiger partial charge in [-0.25, -0.2) is 8.78 Å². The van der Waals surface area contributed by atoms with Crippen LogP contribution in [-0.2, 0) is 0 Å². The fraction of sp³-hybridized carbons (Fsp3) is 0.600. The van der Waals surface area contributed by atoms with Crippen LogP contribution in [0.2, 0.25) is 0 Å². The van der Waals surface area contributed by atoms with Crippen molar-refractivity contribution in [2.45, 2.75) is 38.7 Å². The van der Waals surface area contributed by atoms with Crippen LogP contribution in [0.1, 0.15) is 40.7 Å². The minimum atomic E-state index is -2.45. The third kappa shape index (κ3) is 2.86. The van der Waals surface area contributed by atoms with Crippen LogP contribution in [0.25, 0.3) is 0 Å². The number of halogens is 2. The Hall–Kier alpha value is -1.50. The summed E-state index contributed by atoms with van der Waals surface area (Å²) in [5.74, 6) is -0.322. The van der Waals surface area contributed by atoms with Gasteiger partial charge in [-0.3, -0.25) is 4.79 Å². The summed E-state index contributed by atoms with van der Waals surface area (Å²) < 4.78 is 25.7.